The maximum atomic E-state index is 14.0. The number of carboxylic acid groups (broad SMARTS) is 1. The molecule has 3 aromatic carbocycles. The Morgan fingerprint density at radius 2 is 1.48 bits per heavy atom. The summed E-state index contributed by atoms with van der Waals surface area (Å²) in [6.07, 6.45) is -1.65. The first-order valence-corrected chi connectivity index (χ1v) is 15.1. The molecule has 0 bridgehead atoms. The van der Waals surface area contributed by atoms with Crippen molar-refractivity contribution in [3.8, 4) is 0 Å². The molecule has 1 saturated heterocycles. The fourth-order valence-corrected chi connectivity index (χ4v) is 5.97. The van der Waals surface area contributed by atoms with E-state index in [1.807, 2.05) is 0 Å². The van der Waals surface area contributed by atoms with Gasteiger partial charge in [0.1, 0.15) is 18.2 Å². The zero-order valence-corrected chi connectivity index (χ0v) is 24.4. The van der Waals surface area contributed by atoms with Crippen molar-refractivity contribution in [1.82, 2.24) is 4.90 Å². The SMILES string of the molecule is CCCC(C(=O)O)N1C(=O)C(Cc2ccc(S(=O)(=O)C(F)(F)F)cc2)OC(c2ccc(Cl)cc2)C1c1ccc(Cl)cc1. The van der Waals surface area contributed by atoms with E-state index in [1.54, 1.807) is 55.5 Å². The van der Waals surface area contributed by atoms with Crippen LogP contribution in [0.3, 0.4) is 0 Å². The molecule has 42 heavy (non-hydrogen) atoms. The van der Waals surface area contributed by atoms with Crippen LogP contribution in [0.5, 0.6) is 0 Å². The van der Waals surface area contributed by atoms with Gasteiger partial charge in [0.2, 0.25) is 0 Å². The second-order valence-electron chi connectivity index (χ2n) is 9.78. The molecule has 4 unspecified atom stereocenters. The number of amides is 1. The smallest absolute Gasteiger partial charge is 0.480 e. The lowest BCUT2D eigenvalue weighted by atomic mass is 9.88. The Kier molecular flexibility index (Phi) is 9.56. The normalized spacial score (nSPS) is 20.4. The molecular weight excluding hydrogens is 618 g/mol. The molecule has 0 radical (unpaired) electrons. The molecule has 0 aliphatic carbocycles. The second-order valence-corrected chi connectivity index (χ2v) is 12.6. The Bertz CT molecular complexity index is 1530. The Balaban J connectivity index is 1.79. The van der Waals surface area contributed by atoms with E-state index >= 15 is 0 Å². The summed E-state index contributed by atoms with van der Waals surface area (Å²) in [5.41, 5.74) is -3.97. The zero-order chi connectivity index (χ0) is 30.8. The van der Waals surface area contributed by atoms with Gasteiger partial charge >= 0.3 is 11.5 Å². The molecule has 1 fully saturated rings. The van der Waals surface area contributed by atoms with Gasteiger partial charge in [-0.05, 0) is 59.5 Å². The van der Waals surface area contributed by atoms with Crippen molar-refractivity contribution in [2.24, 2.45) is 0 Å². The molecule has 13 heteroatoms. The summed E-state index contributed by atoms with van der Waals surface area (Å²) in [5, 5.41) is 11.1. The van der Waals surface area contributed by atoms with Crippen LogP contribution >= 0.6 is 23.2 Å². The van der Waals surface area contributed by atoms with Crippen LogP contribution in [-0.4, -0.2) is 48.0 Å². The van der Waals surface area contributed by atoms with E-state index in [4.69, 9.17) is 27.9 Å². The fraction of sp³-hybridized carbons (Fsp3) is 0.310. The fourth-order valence-electron chi connectivity index (χ4n) is 4.96. The summed E-state index contributed by atoms with van der Waals surface area (Å²) in [6.45, 7) is 1.79. The van der Waals surface area contributed by atoms with Crippen LogP contribution in [0.2, 0.25) is 10.0 Å². The molecule has 7 nitrogen and oxygen atoms in total. The quantitative estimate of drug-likeness (QED) is 0.275. The lowest BCUT2D eigenvalue weighted by Crippen LogP contribution is -2.57. The molecule has 1 N–H and O–H groups in total. The third-order valence-corrected chi connectivity index (χ3v) is 8.99. The van der Waals surface area contributed by atoms with Gasteiger partial charge in [0, 0.05) is 16.5 Å². The summed E-state index contributed by atoms with van der Waals surface area (Å²) >= 11 is 12.2. The molecule has 0 spiro atoms. The Morgan fingerprint density at radius 1 is 0.952 bits per heavy atom. The van der Waals surface area contributed by atoms with E-state index in [1.165, 1.54) is 17.0 Å². The van der Waals surface area contributed by atoms with Gasteiger partial charge in [-0.3, -0.25) is 4.79 Å². The number of hydrogen-bond acceptors (Lipinski definition) is 5. The molecular formula is C29H26Cl2F3NO6S. The van der Waals surface area contributed by atoms with Crippen molar-refractivity contribution in [2.45, 2.75) is 60.9 Å². The number of halogens is 5. The maximum Gasteiger partial charge on any atom is 0.501 e. The van der Waals surface area contributed by atoms with Crippen LogP contribution in [-0.2, 0) is 30.6 Å². The summed E-state index contributed by atoms with van der Waals surface area (Å²) in [7, 11) is -5.55. The van der Waals surface area contributed by atoms with Gasteiger partial charge < -0.3 is 14.7 Å². The molecule has 0 saturated carbocycles. The number of hydrogen-bond donors (Lipinski definition) is 1. The van der Waals surface area contributed by atoms with Crippen LogP contribution < -0.4 is 0 Å². The van der Waals surface area contributed by atoms with E-state index in [9.17, 15) is 36.3 Å². The number of aliphatic carboxylic acids is 1. The van der Waals surface area contributed by atoms with Crippen LogP contribution in [0, 0.1) is 0 Å². The molecule has 1 aliphatic rings. The number of morpholine rings is 1. The van der Waals surface area contributed by atoms with Gasteiger partial charge in [-0.1, -0.05) is 72.9 Å². The monoisotopic (exact) mass is 643 g/mol. The number of rotatable bonds is 9. The van der Waals surface area contributed by atoms with Crippen molar-refractivity contribution in [3.63, 3.8) is 0 Å². The van der Waals surface area contributed by atoms with E-state index in [0.717, 1.165) is 12.1 Å². The van der Waals surface area contributed by atoms with E-state index in [2.05, 4.69) is 0 Å². The highest BCUT2D eigenvalue weighted by atomic mass is 35.5. The van der Waals surface area contributed by atoms with Crippen molar-refractivity contribution >= 4 is 44.9 Å². The zero-order valence-electron chi connectivity index (χ0n) is 22.1. The van der Waals surface area contributed by atoms with Crippen molar-refractivity contribution < 1.29 is 41.0 Å². The highest BCUT2D eigenvalue weighted by Crippen LogP contribution is 2.44. The maximum absolute atomic E-state index is 14.0. The minimum absolute atomic E-state index is 0.148. The Labute approximate surface area is 250 Å². The van der Waals surface area contributed by atoms with Crippen LogP contribution in [0.25, 0.3) is 0 Å². The number of carbonyl (C=O) groups excluding carboxylic acids is 1. The average molecular weight is 644 g/mol. The van der Waals surface area contributed by atoms with Crippen molar-refractivity contribution in [1.29, 1.82) is 0 Å². The van der Waals surface area contributed by atoms with Crippen molar-refractivity contribution in [3.05, 3.63) is 99.5 Å². The minimum Gasteiger partial charge on any atom is -0.480 e. The van der Waals surface area contributed by atoms with Gasteiger partial charge in [-0.15, -0.1) is 0 Å². The third kappa shape index (κ3) is 6.59. The van der Waals surface area contributed by atoms with Gasteiger partial charge in [-0.2, -0.15) is 13.2 Å². The first kappa shape index (κ1) is 31.8. The predicted octanol–water partition coefficient (Wildman–Crippen LogP) is 6.79. The number of alkyl halides is 3. The Morgan fingerprint density at radius 3 is 1.95 bits per heavy atom. The second kappa shape index (κ2) is 12.6. The first-order valence-electron chi connectivity index (χ1n) is 12.9. The molecule has 3 aromatic rings. The minimum atomic E-state index is -5.55. The Hall–Kier alpha value is -3.12. The van der Waals surface area contributed by atoms with Gasteiger partial charge in [0.15, 0.2) is 0 Å². The molecule has 1 heterocycles. The van der Waals surface area contributed by atoms with Gasteiger partial charge in [-0.25, -0.2) is 13.2 Å². The highest BCUT2D eigenvalue weighted by molar-refractivity contribution is 7.92. The standard InChI is InChI=1S/C29H26Cl2F3NO6S/c1-2-3-23(28(37)38)35-25(18-6-10-20(30)11-7-18)26(19-8-12-21(31)13-9-19)41-24(27(35)36)16-17-4-14-22(15-5-17)42(39,40)29(32,33)34/h4-15,23-26H,2-3,16H2,1H3,(H,37,38). The van der Waals surface area contributed by atoms with Gasteiger partial charge in [0.25, 0.3) is 15.7 Å². The summed E-state index contributed by atoms with van der Waals surface area (Å²) in [6, 6.07) is 15.2. The number of carboxylic acids is 1. The number of benzene rings is 3. The van der Waals surface area contributed by atoms with Crippen LogP contribution in [0.15, 0.2) is 77.7 Å². The third-order valence-electron chi connectivity index (χ3n) is 6.98. The van der Waals surface area contributed by atoms with Crippen LogP contribution in [0.1, 0.15) is 48.6 Å². The number of carbonyl (C=O) groups is 2. The summed E-state index contributed by atoms with van der Waals surface area (Å²) in [5.74, 6) is -1.84. The average Bonchev–Trinajstić information content (AvgIpc) is 2.93. The lowest BCUT2D eigenvalue weighted by molar-refractivity contribution is -0.184. The van der Waals surface area contributed by atoms with Crippen molar-refractivity contribution in [2.75, 3.05) is 0 Å². The number of ether oxygens (including phenoxy) is 1. The molecule has 1 amide bonds. The predicted molar refractivity (Wildman–Crippen MR) is 150 cm³/mol. The molecule has 0 aromatic heterocycles. The van der Waals surface area contributed by atoms with Crippen LogP contribution in [0.4, 0.5) is 13.2 Å². The highest BCUT2D eigenvalue weighted by Gasteiger charge is 2.49. The lowest BCUT2D eigenvalue weighted by Gasteiger charge is -2.47. The topological polar surface area (TPSA) is 101 Å². The molecule has 4 atom stereocenters. The molecule has 1 aliphatic heterocycles. The van der Waals surface area contributed by atoms with E-state index in [0.29, 0.717) is 33.2 Å². The number of nitrogens with zero attached hydrogens (tertiary/aromatic N) is 1. The molecule has 224 valence electrons. The molecule has 4 rings (SSSR count). The largest absolute Gasteiger partial charge is 0.501 e. The van der Waals surface area contributed by atoms with E-state index in [-0.39, 0.29) is 12.8 Å². The van der Waals surface area contributed by atoms with E-state index < -0.39 is 56.4 Å². The van der Waals surface area contributed by atoms with Gasteiger partial charge in [0.05, 0.1) is 10.9 Å². The number of sulfone groups is 1. The summed E-state index contributed by atoms with van der Waals surface area (Å²) in [4.78, 5) is 26.9. The summed E-state index contributed by atoms with van der Waals surface area (Å²) < 4.78 is 68.9. The first-order chi connectivity index (χ1) is 19.7.